The van der Waals surface area contributed by atoms with E-state index in [1.54, 1.807) is 0 Å². The monoisotopic (exact) mass is 261 g/mol. The molecule has 1 aliphatic rings. The maximum Gasteiger partial charge on any atom is 0.222 e. The Hall–Kier alpha value is -1.42. The van der Waals surface area contributed by atoms with E-state index in [1.807, 2.05) is 25.1 Å². The summed E-state index contributed by atoms with van der Waals surface area (Å²) in [5.74, 6) is 0.0349. The van der Waals surface area contributed by atoms with E-state index in [4.69, 9.17) is 5.73 Å². The van der Waals surface area contributed by atoms with E-state index in [2.05, 4.69) is 10.3 Å². The van der Waals surface area contributed by atoms with Crippen LogP contribution in [0.1, 0.15) is 49.9 Å². The Balaban J connectivity index is 1.81. The van der Waals surface area contributed by atoms with Gasteiger partial charge in [-0.3, -0.25) is 9.78 Å². The molecule has 4 heteroatoms. The van der Waals surface area contributed by atoms with E-state index >= 15 is 0 Å². The van der Waals surface area contributed by atoms with Crippen molar-refractivity contribution < 1.29 is 4.79 Å². The van der Waals surface area contributed by atoms with Gasteiger partial charge in [0.15, 0.2) is 0 Å². The molecular weight excluding hydrogens is 238 g/mol. The first-order chi connectivity index (χ1) is 9.07. The minimum Gasteiger partial charge on any atom is -0.350 e. The van der Waals surface area contributed by atoms with Gasteiger partial charge >= 0.3 is 0 Å². The van der Waals surface area contributed by atoms with Crippen LogP contribution in [-0.2, 0) is 11.3 Å². The zero-order valence-corrected chi connectivity index (χ0v) is 11.6. The molecule has 0 radical (unpaired) electrons. The van der Waals surface area contributed by atoms with E-state index < -0.39 is 0 Å². The fraction of sp³-hybridized carbons (Fsp3) is 0.600. The SMILES string of the molecule is Cc1cccc(CNC(=O)CC2(N)CCCCC2)n1. The second kappa shape index (κ2) is 6.15. The molecular formula is C15H23N3O. The molecule has 1 fully saturated rings. The second-order valence-electron chi connectivity index (χ2n) is 5.65. The van der Waals surface area contributed by atoms with Crippen LogP contribution >= 0.6 is 0 Å². The molecule has 2 rings (SSSR count). The second-order valence-corrected chi connectivity index (χ2v) is 5.65. The summed E-state index contributed by atoms with van der Waals surface area (Å²) in [5, 5.41) is 2.92. The van der Waals surface area contributed by atoms with Crippen molar-refractivity contribution in [1.29, 1.82) is 0 Å². The summed E-state index contributed by atoms with van der Waals surface area (Å²) in [6, 6.07) is 5.82. The van der Waals surface area contributed by atoms with Crippen LogP contribution in [0.2, 0.25) is 0 Å². The van der Waals surface area contributed by atoms with Gasteiger partial charge in [0.2, 0.25) is 5.91 Å². The normalized spacial score (nSPS) is 18.0. The van der Waals surface area contributed by atoms with Gasteiger partial charge in [-0.1, -0.05) is 25.3 Å². The predicted molar refractivity (Wildman–Crippen MR) is 75.4 cm³/mol. The fourth-order valence-electron chi connectivity index (χ4n) is 2.70. The van der Waals surface area contributed by atoms with E-state index in [0.29, 0.717) is 13.0 Å². The average molecular weight is 261 g/mol. The number of rotatable bonds is 4. The van der Waals surface area contributed by atoms with Crippen LogP contribution in [-0.4, -0.2) is 16.4 Å². The topological polar surface area (TPSA) is 68.0 Å². The van der Waals surface area contributed by atoms with Crippen molar-refractivity contribution in [3.63, 3.8) is 0 Å². The molecule has 3 N–H and O–H groups in total. The van der Waals surface area contributed by atoms with Gasteiger partial charge in [0.25, 0.3) is 0 Å². The first-order valence-corrected chi connectivity index (χ1v) is 7.06. The van der Waals surface area contributed by atoms with E-state index in [0.717, 1.165) is 37.1 Å². The minimum atomic E-state index is -0.289. The van der Waals surface area contributed by atoms with Crippen molar-refractivity contribution in [2.24, 2.45) is 5.73 Å². The molecule has 0 bridgehead atoms. The van der Waals surface area contributed by atoms with Crippen molar-refractivity contribution in [3.05, 3.63) is 29.6 Å². The molecule has 4 nitrogen and oxygen atoms in total. The van der Waals surface area contributed by atoms with Crippen LogP contribution in [0.15, 0.2) is 18.2 Å². The molecule has 0 aliphatic heterocycles. The lowest BCUT2D eigenvalue weighted by molar-refractivity contribution is -0.122. The lowest BCUT2D eigenvalue weighted by atomic mass is 9.80. The third-order valence-electron chi connectivity index (χ3n) is 3.77. The van der Waals surface area contributed by atoms with Crippen molar-refractivity contribution in [1.82, 2.24) is 10.3 Å². The number of aromatic nitrogens is 1. The standard InChI is InChI=1S/C15H23N3O/c1-12-6-5-7-13(18-12)11-17-14(19)10-15(16)8-3-2-4-9-15/h5-7H,2-4,8-11,16H2,1H3,(H,17,19). The van der Waals surface area contributed by atoms with Gasteiger partial charge in [-0.25, -0.2) is 0 Å². The molecule has 1 aliphatic carbocycles. The molecule has 0 unspecified atom stereocenters. The van der Waals surface area contributed by atoms with Crippen molar-refractivity contribution >= 4 is 5.91 Å². The molecule has 0 saturated heterocycles. The lowest BCUT2D eigenvalue weighted by Gasteiger charge is -2.32. The summed E-state index contributed by atoms with van der Waals surface area (Å²) in [6.45, 7) is 2.43. The Morgan fingerprint density at radius 3 is 2.79 bits per heavy atom. The van der Waals surface area contributed by atoms with Crippen LogP contribution in [0.4, 0.5) is 0 Å². The van der Waals surface area contributed by atoms with Crippen molar-refractivity contribution in [2.75, 3.05) is 0 Å². The zero-order valence-electron chi connectivity index (χ0n) is 11.6. The molecule has 0 spiro atoms. The molecule has 19 heavy (non-hydrogen) atoms. The van der Waals surface area contributed by atoms with Gasteiger partial charge < -0.3 is 11.1 Å². The molecule has 1 aromatic heterocycles. The summed E-state index contributed by atoms with van der Waals surface area (Å²) < 4.78 is 0. The van der Waals surface area contributed by atoms with Gasteiger partial charge in [0.1, 0.15) is 0 Å². The Labute approximate surface area is 114 Å². The van der Waals surface area contributed by atoms with Crippen molar-refractivity contribution in [3.8, 4) is 0 Å². The average Bonchev–Trinajstić information content (AvgIpc) is 2.37. The van der Waals surface area contributed by atoms with E-state index in [9.17, 15) is 4.79 Å². The zero-order chi connectivity index (χ0) is 13.7. The Bertz CT molecular complexity index is 439. The third-order valence-corrected chi connectivity index (χ3v) is 3.77. The van der Waals surface area contributed by atoms with Gasteiger partial charge in [-0.15, -0.1) is 0 Å². The number of pyridine rings is 1. The van der Waals surface area contributed by atoms with Gasteiger partial charge in [0, 0.05) is 17.7 Å². The maximum absolute atomic E-state index is 12.0. The molecule has 104 valence electrons. The summed E-state index contributed by atoms with van der Waals surface area (Å²) >= 11 is 0. The molecule has 0 atom stereocenters. The fourth-order valence-corrected chi connectivity index (χ4v) is 2.70. The van der Waals surface area contributed by atoms with Gasteiger partial charge in [-0.2, -0.15) is 0 Å². The number of nitrogens with two attached hydrogens (primary N) is 1. The first kappa shape index (κ1) is 14.0. The predicted octanol–water partition coefficient (Wildman–Crippen LogP) is 2.06. The van der Waals surface area contributed by atoms with Crippen LogP contribution in [0, 0.1) is 6.92 Å². The molecule has 0 aromatic carbocycles. The van der Waals surface area contributed by atoms with Gasteiger partial charge in [-0.05, 0) is 31.9 Å². The van der Waals surface area contributed by atoms with E-state index in [1.165, 1.54) is 6.42 Å². The highest BCUT2D eigenvalue weighted by atomic mass is 16.1. The summed E-state index contributed by atoms with van der Waals surface area (Å²) in [6.07, 6.45) is 5.88. The third kappa shape index (κ3) is 4.31. The van der Waals surface area contributed by atoms with Gasteiger partial charge in [0.05, 0.1) is 12.2 Å². The maximum atomic E-state index is 12.0. The molecule has 1 aromatic rings. The number of aryl methyl sites for hydroxylation is 1. The van der Waals surface area contributed by atoms with Crippen LogP contribution in [0.3, 0.4) is 0 Å². The smallest absolute Gasteiger partial charge is 0.222 e. The van der Waals surface area contributed by atoms with E-state index in [-0.39, 0.29) is 11.4 Å². The quantitative estimate of drug-likeness (QED) is 0.871. The van der Waals surface area contributed by atoms with Crippen molar-refractivity contribution in [2.45, 2.75) is 57.5 Å². The molecule has 1 heterocycles. The highest BCUT2D eigenvalue weighted by Gasteiger charge is 2.29. The largest absolute Gasteiger partial charge is 0.350 e. The highest BCUT2D eigenvalue weighted by Crippen LogP contribution is 2.28. The van der Waals surface area contributed by atoms with Crippen LogP contribution < -0.4 is 11.1 Å². The lowest BCUT2D eigenvalue weighted by Crippen LogP contribution is -2.45. The number of hydrogen-bond acceptors (Lipinski definition) is 3. The molecule has 1 saturated carbocycles. The van der Waals surface area contributed by atoms with Crippen LogP contribution in [0.5, 0.6) is 0 Å². The number of carbonyl (C=O) groups is 1. The summed E-state index contributed by atoms with van der Waals surface area (Å²) in [7, 11) is 0. The number of nitrogens with zero attached hydrogens (tertiary/aromatic N) is 1. The number of amides is 1. The van der Waals surface area contributed by atoms with Crippen LogP contribution in [0.25, 0.3) is 0 Å². The summed E-state index contributed by atoms with van der Waals surface area (Å²) in [5.41, 5.74) is 7.85. The Kier molecular flexibility index (Phi) is 4.53. The highest BCUT2D eigenvalue weighted by molar-refractivity contribution is 5.77. The number of carbonyl (C=O) groups excluding carboxylic acids is 1. The minimum absolute atomic E-state index is 0.0349. The number of hydrogen-bond donors (Lipinski definition) is 2. The number of nitrogens with one attached hydrogen (secondary N) is 1. The first-order valence-electron chi connectivity index (χ1n) is 7.06. The molecule has 1 amide bonds. The Morgan fingerprint density at radius 1 is 1.37 bits per heavy atom. The summed E-state index contributed by atoms with van der Waals surface area (Å²) in [4.78, 5) is 16.3. The Morgan fingerprint density at radius 2 is 2.11 bits per heavy atom.